The minimum atomic E-state index is -0.233. The normalized spacial score (nSPS) is 15.5. The number of aromatic nitrogens is 2. The van der Waals surface area contributed by atoms with Gasteiger partial charge in [0.2, 0.25) is 5.91 Å². The van der Waals surface area contributed by atoms with Gasteiger partial charge in [0.25, 0.3) is 5.91 Å². The number of fused-ring (bicyclic) bond motifs is 1. The van der Waals surface area contributed by atoms with Gasteiger partial charge in [-0.3, -0.25) is 9.59 Å². The Balaban J connectivity index is 1.09. The lowest BCUT2D eigenvalue weighted by Gasteiger charge is -2.19. The SMILES string of the molecule is Cc1cc(C)n2ccc(C(=O)Nc3ccc(/C(N)=C/N(N)CCOCCOCCC(=O)NCCC4CCCN4C)cc3)c2n1. The Morgan fingerprint density at radius 2 is 1.86 bits per heavy atom. The van der Waals surface area contributed by atoms with E-state index in [2.05, 4.69) is 27.6 Å². The molecule has 4 rings (SSSR count). The highest BCUT2D eigenvalue weighted by Gasteiger charge is 2.20. The predicted molar refractivity (Wildman–Crippen MR) is 172 cm³/mol. The average Bonchev–Trinajstić information content (AvgIpc) is 3.60. The van der Waals surface area contributed by atoms with Gasteiger partial charge in [-0.25, -0.2) is 10.8 Å². The van der Waals surface area contributed by atoms with E-state index in [4.69, 9.17) is 21.1 Å². The fourth-order valence-electron chi connectivity index (χ4n) is 5.30. The fraction of sp³-hybridized carbons (Fsp3) is 0.469. The summed E-state index contributed by atoms with van der Waals surface area (Å²) in [6, 6.07) is 11.5. The number of anilines is 1. The number of rotatable bonds is 16. The maximum atomic E-state index is 12.9. The number of likely N-dealkylation sites (tertiary alicyclic amines) is 1. The number of carbonyl (C=O) groups excluding carboxylic acids is 2. The summed E-state index contributed by atoms with van der Waals surface area (Å²) in [7, 11) is 2.14. The molecule has 1 atom stereocenters. The molecule has 1 aliphatic rings. The van der Waals surface area contributed by atoms with Crippen molar-refractivity contribution in [3.05, 3.63) is 71.3 Å². The van der Waals surface area contributed by atoms with Crippen LogP contribution in [0.5, 0.6) is 0 Å². The van der Waals surface area contributed by atoms with Gasteiger partial charge in [-0.2, -0.15) is 0 Å². The van der Waals surface area contributed by atoms with Crippen LogP contribution in [0.3, 0.4) is 0 Å². The average molecular weight is 607 g/mol. The number of aryl methyl sites for hydroxylation is 2. The molecule has 1 saturated heterocycles. The van der Waals surface area contributed by atoms with Crippen molar-refractivity contribution in [1.82, 2.24) is 24.6 Å². The van der Waals surface area contributed by atoms with E-state index in [1.54, 1.807) is 24.4 Å². The maximum Gasteiger partial charge on any atom is 0.259 e. The topological polar surface area (TPSA) is 152 Å². The lowest BCUT2D eigenvalue weighted by Crippen LogP contribution is -2.32. The van der Waals surface area contributed by atoms with Gasteiger partial charge < -0.3 is 40.2 Å². The molecule has 3 aromatic rings. The Bertz CT molecular complexity index is 1420. The number of carbonyl (C=O) groups is 2. The summed E-state index contributed by atoms with van der Waals surface area (Å²) in [4.78, 5) is 31.8. The van der Waals surface area contributed by atoms with Gasteiger partial charge in [0.15, 0.2) is 0 Å². The second kappa shape index (κ2) is 16.2. The molecule has 0 radical (unpaired) electrons. The molecule has 0 spiro atoms. The number of amides is 2. The quantitative estimate of drug-likeness (QED) is 0.110. The predicted octanol–water partition coefficient (Wildman–Crippen LogP) is 2.66. The van der Waals surface area contributed by atoms with Gasteiger partial charge in [-0.1, -0.05) is 12.1 Å². The van der Waals surface area contributed by atoms with E-state index in [9.17, 15) is 9.59 Å². The fourth-order valence-corrected chi connectivity index (χ4v) is 5.30. The molecule has 0 bridgehead atoms. The molecule has 238 valence electrons. The monoisotopic (exact) mass is 606 g/mol. The molecule has 2 amide bonds. The van der Waals surface area contributed by atoms with Crippen LogP contribution in [-0.4, -0.2) is 90.3 Å². The Morgan fingerprint density at radius 3 is 2.59 bits per heavy atom. The highest BCUT2D eigenvalue weighted by atomic mass is 16.5. The number of nitrogens with zero attached hydrogens (tertiary/aromatic N) is 4. The smallest absolute Gasteiger partial charge is 0.259 e. The minimum Gasteiger partial charge on any atom is -0.397 e. The maximum absolute atomic E-state index is 12.9. The molecule has 12 nitrogen and oxygen atoms in total. The van der Waals surface area contributed by atoms with E-state index in [-0.39, 0.29) is 11.8 Å². The Morgan fingerprint density at radius 1 is 1.11 bits per heavy atom. The molecule has 0 aliphatic carbocycles. The molecule has 6 N–H and O–H groups in total. The number of hydrogen-bond donors (Lipinski definition) is 4. The van der Waals surface area contributed by atoms with Gasteiger partial charge in [-0.05, 0) is 76.5 Å². The van der Waals surface area contributed by atoms with Gasteiger partial charge in [0, 0.05) is 48.5 Å². The van der Waals surface area contributed by atoms with Crippen molar-refractivity contribution in [1.29, 1.82) is 0 Å². The number of benzene rings is 1. The molecule has 0 saturated carbocycles. The summed E-state index contributed by atoms with van der Waals surface area (Å²) < 4.78 is 13.0. The summed E-state index contributed by atoms with van der Waals surface area (Å²) in [5.41, 5.74) is 11.1. The van der Waals surface area contributed by atoms with Gasteiger partial charge >= 0.3 is 0 Å². The summed E-state index contributed by atoms with van der Waals surface area (Å²) >= 11 is 0. The molecule has 1 aromatic carbocycles. The first-order chi connectivity index (χ1) is 21.2. The second-order valence-corrected chi connectivity index (χ2v) is 11.2. The van der Waals surface area contributed by atoms with Crippen molar-refractivity contribution in [3.63, 3.8) is 0 Å². The minimum absolute atomic E-state index is 0.0163. The van der Waals surface area contributed by atoms with Crippen LogP contribution >= 0.6 is 0 Å². The van der Waals surface area contributed by atoms with Gasteiger partial charge in [-0.15, -0.1) is 0 Å². The number of hydrazine groups is 1. The van der Waals surface area contributed by atoms with Crippen LogP contribution in [0.2, 0.25) is 0 Å². The number of hydrogen-bond acceptors (Lipinski definition) is 9. The summed E-state index contributed by atoms with van der Waals surface area (Å²) in [5.74, 6) is 5.85. The van der Waals surface area contributed by atoms with Crippen molar-refractivity contribution in [2.45, 2.75) is 45.6 Å². The third-order valence-corrected chi connectivity index (χ3v) is 7.78. The summed E-state index contributed by atoms with van der Waals surface area (Å²) in [5, 5.41) is 7.36. The highest BCUT2D eigenvalue weighted by molar-refractivity contribution is 6.08. The van der Waals surface area contributed by atoms with Crippen molar-refractivity contribution in [2.24, 2.45) is 11.6 Å². The Hall–Kier alpha value is -3.97. The first kappa shape index (κ1) is 32.9. The molecule has 2 aromatic heterocycles. The van der Waals surface area contributed by atoms with Crippen LogP contribution < -0.4 is 22.2 Å². The van der Waals surface area contributed by atoms with Crippen LogP contribution in [0.4, 0.5) is 5.69 Å². The Kier molecular flexibility index (Phi) is 12.1. The van der Waals surface area contributed by atoms with Gasteiger partial charge in [0.1, 0.15) is 5.65 Å². The second-order valence-electron chi connectivity index (χ2n) is 11.2. The molecule has 44 heavy (non-hydrogen) atoms. The highest BCUT2D eigenvalue weighted by Crippen LogP contribution is 2.19. The van der Waals surface area contributed by atoms with Gasteiger partial charge in [0.05, 0.1) is 44.2 Å². The van der Waals surface area contributed by atoms with Crippen molar-refractivity contribution in [2.75, 3.05) is 58.4 Å². The van der Waals surface area contributed by atoms with Crippen LogP contribution in [0.25, 0.3) is 11.3 Å². The third-order valence-electron chi connectivity index (χ3n) is 7.78. The number of nitrogens with two attached hydrogens (primary N) is 2. The lowest BCUT2D eigenvalue weighted by atomic mass is 10.1. The zero-order valence-corrected chi connectivity index (χ0v) is 26.1. The molecule has 12 heteroatoms. The largest absolute Gasteiger partial charge is 0.397 e. The molecular weight excluding hydrogens is 560 g/mol. The van der Waals surface area contributed by atoms with Crippen molar-refractivity contribution in [3.8, 4) is 0 Å². The molecule has 3 heterocycles. The van der Waals surface area contributed by atoms with Crippen LogP contribution in [0.1, 0.15) is 53.0 Å². The number of nitrogens with one attached hydrogen (secondary N) is 2. The first-order valence-electron chi connectivity index (χ1n) is 15.2. The molecule has 1 fully saturated rings. The molecule has 1 unspecified atom stereocenters. The van der Waals surface area contributed by atoms with Crippen molar-refractivity contribution < 1.29 is 19.1 Å². The first-order valence-corrected chi connectivity index (χ1v) is 15.2. The zero-order chi connectivity index (χ0) is 31.5. The van der Waals surface area contributed by atoms with E-state index in [1.165, 1.54) is 17.9 Å². The standard InChI is InChI=1S/C32H46N8O4/c1-23-21-24(2)40-15-11-28(31(40)36-23)32(42)37-26-8-6-25(7-9-26)29(33)22-39(34)16-18-44-20-19-43-17-12-30(41)35-13-10-27-5-4-14-38(27)3/h6-9,11,15,21-22,27H,4-5,10,12-14,16-20,33-34H2,1-3H3,(H,35,41)(H,37,42)/b29-22-. The summed E-state index contributed by atoms with van der Waals surface area (Å²) in [6.45, 7) is 7.75. The zero-order valence-electron chi connectivity index (χ0n) is 26.1. The Labute approximate surface area is 259 Å². The third kappa shape index (κ3) is 9.52. The summed E-state index contributed by atoms with van der Waals surface area (Å²) in [6.07, 6.45) is 7.27. The lowest BCUT2D eigenvalue weighted by molar-refractivity contribution is -0.122. The molecular formula is C32H46N8O4. The van der Waals surface area contributed by atoms with E-state index >= 15 is 0 Å². The van der Waals surface area contributed by atoms with E-state index in [0.717, 1.165) is 29.9 Å². The van der Waals surface area contributed by atoms with E-state index < -0.39 is 0 Å². The van der Waals surface area contributed by atoms with Crippen LogP contribution in [0, 0.1) is 13.8 Å². The van der Waals surface area contributed by atoms with Crippen molar-refractivity contribution >= 4 is 28.8 Å². The number of ether oxygens (including phenoxy) is 2. The molecule has 1 aliphatic heterocycles. The van der Waals surface area contributed by atoms with E-state index in [1.807, 2.05) is 42.6 Å². The van der Waals surface area contributed by atoms with Crippen LogP contribution in [-0.2, 0) is 14.3 Å². The van der Waals surface area contributed by atoms with Crippen LogP contribution in [0.15, 0.2) is 48.8 Å². The van der Waals surface area contributed by atoms with E-state index in [0.29, 0.717) is 74.6 Å².